The lowest BCUT2D eigenvalue weighted by Crippen LogP contribution is -2.44. The van der Waals surface area contributed by atoms with Gasteiger partial charge >= 0.3 is 23.9 Å². The first-order valence-electron chi connectivity index (χ1n) is 9.97. The normalized spacial score (nSPS) is 19.7. The summed E-state index contributed by atoms with van der Waals surface area (Å²) in [5.41, 5.74) is 0.182. The predicted octanol–water partition coefficient (Wildman–Crippen LogP) is 3.98. The first-order valence-corrected chi connectivity index (χ1v) is 10.3. The van der Waals surface area contributed by atoms with Gasteiger partial charge in [-0.1, -0.05) is 11.6 Å². The van der Waals surface area contributed by atoms with Crippen LogP contribution in [0.3, 0.4) is 0 Å². The van der Waals surface area contributed by atoms with Crippen molar-refractivity contribution in [2.45, 2.75) is 53.9 Å². The molecule has 1 aliphatic carbocycles. The Bertz CT molecular complexity index is 1120. The predicted molar refractivity (Wildman–Crippen MR) is 111 cm³/mol. The summed E-state index contributed by atoms with van der Waals surface area (Å²) in [5, 5.41) is 0.239. The van der Waals surface area contributed by atoms with Crippen molar-refractivity contribution in [3.63, 3.8) is 0 Å². The number of carbonyl (C=O) groups is 4. The number of fused-ring (bicyclic) bond motifs is 1. The fraction of sp³-hybridized carbons (Fsp3) is 0.500. The molecule has 0 spiro atoms. The summed E-state index contributed by atoms with van der Waals surface area (Å²) in [6.45, 7) is 8.69. The summed E-state index contributed by atoms with van der Waals surface area (Å²) < 4.78 is 20.7. The highest BCUT2D eigenvalue weighted by atomic mass is 35.5. The van der Waals surface area contributed by atoms with Crippen LogP contribution in [-0.2, 0) is 28.6 Å². The molecule has 32 heavy (non-hydrogen) atoms. The van der Waals surface area contributed by atoms with Gasteiger partial charge in [-0.15, -0.1) is 0 Å². The fourth-order valence-corrected chi connectivity index (χ4v) is 3.36. The van der Waals surface area contributed by atoms with Crippen LogP contribution < -0.4 is 0 Å². The Morgan fingerprint density at radius 2 is 1.72 bits per heavy atom. The summed E-state index contributed by atoms with van der Waals surface area (Å²) in [6.07, 6.45) is 0.231. The summed E-state index contributed by atoms with van der Waals surface area (Å²) in [7, 11) is 0. The molecule has 1 fully saturated rings. The van der Waals surface area contributed by atoms with E-state index in [0.29, 0.717) is 17.0 Å². The first-order chi connectivity index (χ1) is 14.7. The smallest absolute Gasteiger partial charge is 0.420 e. The average molecular weight is 466 g/mol. The number of esters is 3. The molecular formula is C22H24ClNO8. The van der Waals surface area contributed by atoms with E-state index in [1.165, 1.54) is 6.07 Å². The van der Waals surface area contributed by atoms with Gasteiger partial charge in [-0.05, 0) is 39.3 Å². The second-order valence-corrected chi connectivity index (χ2v) is 9.28. The van der Waals surface area contributed by atoms with Crippen LogP contribution in [-0.4, -0.2) is 34.6 Å². The van der Waals surface area contributed by atoms with Crippen molar-refractivity contribution in [1.82, 2.24) is 4.98 Å². The van der Waals surface area contributed by atoms with E-state index in [1.807, 2.05) is 0 Å². The van der Waals surface area contributed by atoms with E-state index in [9.17, 15) is 19.2 Å². The number of carbonyl (C=O) groups excluding carboxylic acids is 4. The van der Waals surface area contributed by atoms with Crippen molar-refractivity contribution in [2.75, 3.05) is 0 Å². The second kappa shape index (κ2) is 8.20. The molecule has 0 bridgehead atoms. The summed E-state index contributed by atoms with van der Waals surface area (Å²) >= 11 is 6.19. The Kier molecular flexibility index (Phi) is 6.08. The lowest BCUT2D eigenvalue weighted by atomic mass is 9.97. The third kappa shape index (κ3) is 5.09. The number of benzene rings is 1. The van der Waals surface area contributed by atoms with Gasteiger partial charge in [0.05, 0.1) is 23.3 Å². The van der Waals surface area contributed by atoms with Crippen LogP contribution in [0.2, 0.25) is 5.02 Å². The van der Waals surface area contributed by atoms with Crippen LogP contribution >= 0.6 is 11.6 Å². The number of nitrogens with zero attached hydrogens (tertiary/aromatic N) is 1. The first kappa shape index (κ1) is 23.7. The van der Waals surface area contributed by atoms with E-state index in [0.717, 1.165) is 13.8 Å². The molecule has 9 nitrogen and oxygen atoms in total. The maximum absolute atomic E-state index is 12.9. The van der Waals surface area contributed by atoms with Crippen LogP contribution in [0.4, 0.5) is 0 Å². The third-order valence-electron chi connectivity index (χ3n) is 4.77. The van der Waals surface area contributed by atoms with Gasteiger partial charge in [-0.3, -0.25) is 19.2 Å². The lowest BCUT2D eigenvalue weighted by Gasteiger charge is -2.30. The highest BCUT2D eigenvalue weighted by Crippen LogP contribution is 2.43. The van der Waals surface area contributed by atoms with Crippen LogP contribution in [0.5, 0.6) is 0 Å². The number of aryl methyl sites for hydroxylation is 1. The van der Waals surface area contributed by atoms with Gasteiger partial charge in [0.2, 0.25) is 0 Å². The number of aromatic nitrogens is 1. The molecule has 1 unspecified atom stereocenters. The molecule has 0 saturated heterocycles. The molecule has 172 valence electrons. The van der Waals surface area contributed by atoms with E-state index < -0.39 is 41.1 Å². The van der Waals surface area contributed by atoms with Crippen LogP contribution in [0.1, 0.15) is 57.3 Å². The third-order valence-corrected chi connectivity index (χ3v) is 5.05. The zero-order chi connectivity index (χ0) is 24.0. The molecule has 1 saturated carbocycles. The molecule has 1 aliphatic rings. The van der Waals surface area contributed by atoms with Gasteiger partial charge < -0.3 is 18.6 Å². The number of oxazole rings is 1. The minimum Gasteiger partial charge on any atom is -0.439 e. The largest absolute Gasteiger partial charge is 0.439 e. The molecule has 1 aromatic carbocycles. The zero-order valence-corrected chi connectivity index (χ0v) is 19.4. The molecule has 0 amide bonds. The summed E-state index contributed by atoms with van der Waals surface area (Å²) in [6, 6.07) is 3.01. The second-order valence-electron chi connectivity index (χ2n) is 8.87. The minimum absolute atomic E-state index is 0.231. The van der Waals surface area contributed by atoms with E-state index in [-0.39, 0.29) is 22.8 Å². The quantitative estimate of drug-likeness (QED) is 0.354. The number of halogens is 1. The highest BCUT2D eigenvalue weighted by molar-refractivity contribution is 6.35. The molecule has 0 radical (unpaired) electrons. The molecule has 2 aromatic rings. The van der Waals surface area contributed by atoms with E-state index >= 15 is 0 Å². The van der Waals surface area contributed by atoms with Gasteiger partial charge in [-0.2, -0.15) is 0 Å². The number of hydrogen-bond acceptors (Lipinski definition) is 9. The Morgan fingerprint density at radius 1 is 1.06 bits per heavy atom. The van der Waals surface area contributed by atoms with Crippen molar-refractivity contribution >= 4 is 46.4 Å². The Labute approximate surface area is 189 Å². The number of ketones is 1. The molecular weight excluding hydrogens is 442 g/mol. The fourth-order valence-electron chi connectivity index (χ4n) is 3.11. The highest BCUT2D eigenvalue weighted by Gasteiger charge is 2.52. The minimum atomic E-state index is -2.25. The van der Waals surface area contributed by atoms with E-state index in [4.69, 9.17) is 30.2 Å². The number of rotatable bonds is 6. The standard InChI is InChI=1S/C22H24ClNO8/c1-10-24-16-8-12(7-15(23)18(16)29-10)17(26)13-9-14(13)19(27)31-22(6,30-11(2)25)32-20(28)21(3,4)5/h7-8,13-14H,9H2,1-6H3/t13-,14-,22?/m0/s1. The molecule has 3 rings (SSSR count). The Balaban J connectivity index is 1.72. The Hall–Kier alpha value is -2.94. The maximum atomic E-state index is 12.9. The summed E-state index contributed by atoms with van der Waals surface area (Å²) in [5.74, 6) is -5.93. The number of Topliss-reactive ketones (excluding diaryl/α,β-unsaturated/α-hetero) is 1. The van der Waals surface area contributed by atoms with Gasteiger partial charge in [0.25, 0.3) is 0 Å². The summed E-state index contributed by atoms with van der Waals surface area (Å²) in [4.78, 5) is 53.4. The molecule has 0 N–H and O–H groups in total. The Morgan fingerprint density at radius 3 is 2.31 bits per heavy atom. The van der Waals surface area contributed by atoms with E-state index in [1.54, 1.807) is 33.8 Å². The number of ether oxygens (including phenoxy) is 3. The molecule has 1 heterocycles. The van der Waals surface area contributed by atoms with E-state index in [2.05, 4.69) is 4.98 Å². The van der Waals surface area contributed by atoms with Gasteiger partial charge in [0, 0.05) is 25.3 Å². The average Bonchev–Trinajstić information content (AvgIpc) is 3.34. The van der Waals surface area contributed by atoms with Crippen molar-refractivity contribution < 1.29 is 37.8 Å². The topological polar surface area (TPSA) is 122 Å². The SMILES string of the molecule is CC(=O)OC(C)(OC(=O)[C@H]1C[C@@H]1C(=O)c1cc(Cl)c2oc(C)nc2c1)OC(=O)C(C)(C)C. The molecule has 1 aromatic heterocycles. The van der Waals surface area contributed by atoms with Gasteiger partial charge in [0.15, 0.2) is 17.3 Å². The molecule has 0 aliphatic heterocycles. The van der Waals surface area contributed by atoms with Gasteiger partial charge in [-0.25, -0.2) is 4.98 Å². The van der Waals surface area contributed by atoms with Crippen molar-refractivity contribution in [3.8, 4) is 0 Å². The molecule has 10 heteroatoms. The van der Waals surface area contributed by atoms with Crippen LogP contribution in [0.15, 0.2) is 16.5 Å². The number of hydrogen-bond donors (Lipinski definition) is 0. The van der Waals surface area contributed by atoms with Crippen molar-refractivity contribution in [2.24, 2.45) is 17.3 Å². The van der Waals surface area contributed by atoms with Crippen molar-refractivity contribution in [1.29, 1.82) is 0 Å². The monoisotopic (exact) mass is 465 g/mol. The zero-order valence-electron chi connectivity index (χ0n) is 18.6. The lowest BCUT2D eigenvalue weighted by molar-refractivity contribution is -0.323. The van der Waals surface area contributed by atoms with Crippen molar-refractivity contribution in [3.05, 3.63) is 28.6 Å². The van der Waals surface area contributed by atoms with Gasteiger partial charge in [0.1, 0.15) is 5.52 Å². The van der Waals surface area contributed by atoms with Crippen LogP contribution in [0.25, 0.3) is 11.1 Å². The molecule has 3 atom stereocenters. The van der Waals surface area contributed by atoms with Crippen LogP contribution in [0, 0.1) is 24.2 Å². The maximum Gasteiger partial charge on any atom is 0.420 e.